The number of nitrogens with two attached hydrogens (primary N) is 2. The van der Waals surface area contributed by atoms with Crippen LogP contribution in [0, 0.1) is 5.92 Å². The number of rotatable bonds is 4. The van der Waals surface area contributed by atoms with Crippen LogP contribution in [0.5, 0.6) is 0 Å². The molecule has 116 valence electrons. The molecule has 1 aromatic rings. The van der Waals surface area contributed by atoms with Gasteiger partial charge in [-0.25, -0.2) is 8.42 Å². The lowest BCUT2D eigenvalue weighted by atomic mass is 9.94. The molecule has 0 radical (unpaired) electrons. The number of halogens is 1. The van der Waals surface area contributed by atoms with Crippen molar-refractivity contribution in [2.75, 3.05) is 18.8 Å². The molecule has 8 heteroatoms. The van der Waals surface area contributed by atoms with Gasteiger partial charge in [0.05, 0.1) is 15.6 Å². The number of carbonyl (C=O) groups excluding carboxylic acids is 1. The Morgan fingerprint density at radius 2 is 1.95 bits per heavy atom. The maximum atomic E-state index is 12.5. The van der Waals surface area contributed by atoms with Crippen LogP contribution in [0.25, 0.3) is 0 Å². The van der Waals surface area contributed by atoms with Crippen molar-refractivity contribution in [3.63, 3.8) is 0 Å². The van der Waals surface area contributed by atoms with Crippen molar-refractivity contribution in [3.8, 4) is 0 Å². The van der Waals surface area contributed by atoms with Crippen LogP contribution in [0.1, 0.15) is 19.3 Å². The SMILES string of the molecule is NC(=O)CC1CCN(S(=O)(=O)c2ccc(Cl)c(N)c2)CC1. The number of primary amides is 1. The quantitative estimate of drug-likeness (QED) is 0.808. The van der Waals surface area contributed by atoms with Crippen LogP contribution in [0.2, 0.25) is 5.02 Å². The third kappa shape index (κ3) is 3.66. The fourth-order valence-electron chi connectivity index (χ4n) is 2.47. The average molecular weight is 332 g/mol. The fraction of sp³-hybridized carbons (Fsp3) is 0.462. The van der Waals surface area contributed by atoms with Crippen LogP contribution in [-0.2, 0) is 14.8 Å². The second-order valence-electron chi connectivity index (χ2n) is 5.20. The molecular weight excluding hydrogens is 314 g/mol. The predicted molar refractivity (Wildman–Crippen MR) is 81.2 cm³/mol. The normalized spacial score (nSPS) is 17.8. The molecule has 1 saturated heterocycles. The van der Waals surface area contributed by atoms with Gasteiger partial charge in [-0.05, 0) is 37.0 Å². The van der Waals surface area contributed by atoms with Gasteiger partial charge < -0.3 is 11.5 Å². The molecule has 2 rings (SSSR count). The molecule has 1 amide bonds. The highest BCUT2D eigenvalue weighted by Crippen LogP contribution is 2.28. The smallest absolute Gasteiger partial charge is 0.243 e. The zero-order valence-electron chi connectivity index (χ0n) is 11.5. The van der Waals surface area contributed by atoms with E-state index in [-0.39, 0.29) is 22.4 Å². The minimum absolute atomic E-state index is 0.137. The molecule has 0 bridgehead atoms. The standard InChI is InChI=1S/C13H18ClN3O3S/c14-11-2-1-10(8-12(11)15)21(19,20)17-5-3-9(4-6-17)7-13(16)18/h1-2,8-9H,3-7,15H2,(H2,16,18). The lowest BCUT2D eigenvalue weighted by Crippen LogP contribution is -2.39. The van der Waals surface area contributed by atoms with Gasteiger partial charge in [-0.3, -0.25) is 4.79 Å². The summed E-state index contributed by atoms with van der Waals surface area (Å²) < 4.78 is 26.4. The second kappa shape index (κ2) is 6.21. The molecule has 0 saturated carbocycles. The van der Waals surface area contributed by atoms with Gasteiger partial charge in [-0.15, -0.1) is 0 Å². The zero-order chi connectivity index (χ0) is 15.6. The van der Waals surface area contributed by atoms with Gasteiger partial charge >= 0.3 is 0 Å². The monoisotopic (exact) mass is 331 g/mol. The molecule has 0 aromatic heterocycles. The molecule has 0 unspecified atom stereocenters. The number of benzene rings is 1. The topological polar surface area (TPSA) is 106 Å². The van der Waals surface area contributed by atoms with Crippen LogP contribution in [0.15, 0.2) is 23.1 Å². The number of amides is 1. The highest BCUT2D eigenvalue weighted by molar-refractivity contribution is 7.89. The highest BCUT2D eigenvalue weighted by atomic mass is 35.5. The summed E-state index contributed by atoms with van der Waals surface area (Å²) in [6.45, 7) is 0.756. The first-order chi connectivity index (χ1) is 9.80. The minimum atomic E-state index is -3.57. The molecule has 0 aliphatic carbocycles. The molecule has 1 aliphatic rings. The summed E-state index contributed by atoms with van der Waals surface area (Å²) in [4.78, 5) is 11.0. The minimum Gasteiger partial charge on any atom is -0.397 e. The lowest BCUT2D eigenvalue weighted by molar-refractivity contribution is -0.119. The van der Waals surface area contributed by atoms with Gasteiger partial charge in [0.1, 0.15) is 0 Å². The van der Waals surface area contributed by atoms with Crippen LogP contribution in [0.3, 0.4) is 0 Å². The van der Waals surface area contributed by atoms with E-state index < -0.39 is 10.0 Å². The van der Waals surface area contributed by atoms with Gasteiger partial charge in [-0.1, -0.05) is 11.6 Å². The molecule has 6 nitrogen and oxygen atoms in total. The molecule has 0 spiro atoms. The Morgan fingerprint density at radius 1 is 1.33 bits per heavy atom. The van der Waals surface area contributed by atoms with E-state index in [0.717, 1.165) is 0 Å². The Morgan fingerprint density at radius 3 is 2.48 bits per heavy atom. The van der Waals surface area contributed by atoms with Crippen LogP contribution >= 0.6 is 11.6 Å². The maximum absolute atomic E-state index is 12.5. The summed E-state index contributed by atoms with van der Waals surface area (Å²) in [5.74, 6) is -0.189. The molecule has 4 N–H and O–H groups in total. The summed E-state index contributed by atoms with van der Waals surface area (Å²) >= 11 is 5.81. The molecule has 1 heterocycles. The van der Waals surface area contributed by atoms with Crippen molar-refractivity contribution in [3.05, 3.63) is 23.2 Å². The van der Waals surface area contributed by atoms with E-state index in [4.69, 9.17) is 23.1 Å². The van der Waals surface area contributed by atoms with E-state index in [2.05, 4.69) is 0 Å². The molecule has 21 heavy (non-hydrogen) atoms. The van der Waals surface area contributed by atoms with Crippen molar-refractivity contribution in [1.82, 2.24) is 4.31 Å². The Bertz CT molecular complexity index is 640. The average Bonchev–Trinajstić information content (AvgIpc) is 2.41. The number of hydrogen-bond acceptors (Lipinski definition) is 4. The summed E-state index contributed by atoms with van der Waals surface area (Å²) in [5.41, 5.74) is 11.1. The summed E-state index contributed by atoms with van der Waals surface area (Å²) in [6, 6.07) is 4.29. The number of anilines is 1. The first-order valence-electron chi connectivity index (χ1n) is 6.64. The van der Waals surface area contributed by atoms with E-state index in [1.807, 2.05) is 0 Å². The number of piperidine rings is 1. The number of hydrogen-bond donors (Lipinski definition) is 2. The Kier molecular flexibility index (Phi) is 4.75. The van der Waals surface area contributed by atoms with Gasteiger partial charge in [0.25, 0.3) is 0 Å². The van der Waals surface area contributed by atoms with Crippen molar-refractivity contribution in [1.29, 1.82) is 0 Å². The third-order valence-corrected chi connectivity index (χ3v) is 5.91. The second-order valence-corrected chi connectivity index (χ2v) is 7.55. The van der Waals surface area contributed by atoms with E-state index in [1.54, 1.807) is 0 Å². The summed E-state index contributed by atoms with van der Waals surface area (Å²) in [5, 5.41) is 0.328. The van der Waals surface area contributed by atoms with Crippen LogP contribution in [0.4, 0.5) is 5.69 Å². The van der Waals surface area contributed by atoms with Gasteiger partial charge in [0.15, 0.2) is 0 Å². The summed E-state index contributed by atoms with van der Waals surface area (Å²) in [6.07, 6.45) is 1.57. The van der Waals surface area contributed by atoms with Crippen LogP contribution in [-0.4, -0.2) is 31.7 Å². The van der Waals surface area contributed by atoms with Crippen molar-refractivity contribution >= 4 is 33.2 Å². The number of nitrogen functional groups attached to an aromatic ring is 1. The van der Waals surface area contributed by atoms with E-state index in [0.29, 0.717) is 37.4 Å². The van der Waals surface area contributed by atoms with Crippen molar-refractivity contribution in [2.45, 2.75) is 24.2 Å². The van der Waals surface area contributed by atoms with Gasteiger partial charge in [-0.2, -0.15) is 4.31 Å². The lowest BCUT2D eigenvalue weighted by Gasteiger charge is -2.30. The number of nitrogens with zero attached hydrogens (tertiary/aromatic N) is 1. The Labute approximate surface area is 129 Å². The Hall–Kier alpha value is -1.31. The molecule has 1 aromatic carbocycles. The molecule has 1 fully saturated rings. The number of carbonyl (C=O) groups is 1. The van der Waals surface area contributed by atoms with Crippen molar-refractivity contribution in [2.24, 2.45) is 11.7 Å². The Balaban J connectivity index is 2.11. The number of sulfonamides is 1. The fourth-order valence-corrected chi connectivity index (χ4v) is 4.09. The van der Waals surface area contributed by atoms with Crippen molar-refractivity contribution < 1.29 is 13.2 Å². The summed E-state index contributed by atoms with van der Waals surface area (Å²) in [7, 11) is -3.57. The zero-order valence-corrected chi connectivity index (χ0v) is 13.0. The molecular formula is C13H18ClN3O3S. The predicted octanol–water partition coefficient (Wildman–Crippen LogP) is 1.20. The largest absolute Gasteiger partial charge is 0.397 e. The van der Waals surface area contributed by atoms with Gasteiger partial charge in [0.2, 0.25) is 15.9 Å². The van der Waals surface area contributed by atoms with E-state index in [1.165, 1.54) is 22.5 Å². The highest BCUT2D eigenvalue weighted by Gasteiger charge is 2.30. The van der Waals surface area contributed by atoms with Crippen LogP contribution < -0.4 is 11.5 Å². The first-order valence-corrected chi connectivity index (χ1v) is 8.46. The van der Waals surface area contributed by atoms with Gasteiger partial charge in [0, 0.05) is 19.5 Å². The third-order valence-electron chi connectivity index (χ3n) is 3.67. The first kappa shape index (κ1) is 16.1. The molecule has 1 aliphatic heterocycles. The maximum Gasteiger partial charge on any atom is 0.243 e. The molecule has 0 atom stereocenters. The van der Waals surface area contributed by atoms with E-state index in [9.17, 15) is 13.2 Å². The van der Waals surface area contributed by atoms with E-state index >= 15 is 0 Å².